The summed E-state index contributed by atoms with van der Waals surface area (Å²) >= 11 is 0. The third-order valence-corrected chi connectivity index (χ3v) is 13.5. The van der Waals surface area contributed by atoms with Gasteiger partial charge in [0.05, 0.1) is 34.3 Å². The van der Waals surface area contributed by atoms with Crippen molar-refractivity contribution in [3.05, 3.63) is 218 Å². The Morgan fingerprint density at radius 1 is 0.488 bits per heavy atom. The van der Waals surface area contributed by atoms with Gasteiger partial charge in [0.25, 0.3) is 16.7 Å². The van der Waals surface area contributed by atoms with Crippen molar-refractivity contribution in [1.29, 1.82) is 0 Å². The summed E-state index contributed by atoms with van der Waals surface area (Å²) in [7, 11) is 0. The molecule has 0 bridgehead atoms. The summed E-state index contributed by atoms with van der Waals surface area (Å²) in [5, 5.41) is 68.8. The third kappa shape index (κ3) is 11.2. The average Bonchev–Trinajstić information content (AvgIpc) is 4.10. The molecule has 0 unspecified atom stereocenters. The Balaban J connectivity index is 0.000000123. The first-order valence-corrected chi connectivity index (χ1v) is 25.6. The minimum atomic E-state index is -1.03. The molecule has 0 aliphatic carbocycles. The number of carbonyl (C=O) groups is 3. The Morgan fingerprint density at radius 2 is 0.963 bits per heavy atom. The van der Waals surface area contributed by atoms with E-state index in [4.69, 9.17) is 30.3 Å². The fraction of sp³-hybridized carbons (Fsp3) is 0.0968. The molecule has 13 aromatic rings. The molecule has 5 heterocycles. The number of carboxylic acid groups (broad SMARTS) is 3. The van der Waals surface area contributed by atoms with Crippen LogP contribution in [0, 0.1) is 0 Å². The smallest absolute Gasteiger partial charge is 0.335 e. The molecule has 82 heavy (non-hydrogen) atoms. The minimum absolute atomic E-state index is 0.0284. The normalized spacial score (nSPS) is 11.0. The summed E-state index contributed by atoms with van der Waals surface area (Å²) in [6, 6.07) is 49.9. The number of nitrogens with one attached hydrogen (secondary N) is 3. The Hall–Kier alpha value is -11.0. The molecule has 0 aliphatic heterocycles. The second-order valence-electron chi connectivity index (χ2n) is 18.6. The van der Waals surface area contributed by atoms with Gasteiger partial charge in [0.2, 0.25) is 11.7 Å². The Labute approximate surface area is 461 Å². The molecule has 0 fully saturated rings. The maximum absolute atomic E-state index is 12.7. The number of ether oxygens (including phenoxy) is 1. The summed E-state index contributed by atoms with van der Waals surface area (Å²) in [5.74, 6) is -2.07. The van der Waals surface area contributed by atoms with Gasteiger partial charge in [0.1, 0.15) is 0 Å². The summed E-state index contributed by atoms with van der Waals surface area (Å²) < 4.78 is 7.19. The van der Waals surface area contributed by atoms with Crippen LogP contribution in [-0.4, -0.2) is 103 Å². The molecule has 20 nitrogen and oxygen atoms in total. The lowest BCUT2D eigenvalue weighted by Crippen LogP contribution is -2.21. The Kier molecular flexibility index (Phi) is 15.9. The molecular formula is C62H48N8O12. The van der Waals surface area contributed by atoms with Crippen molar-refractivity contribution in [3.63, 3.8) is 0 Å². The van der Waals surface area contributed by atoms with Crippen molar-refractivity contribution in [2.24, 2.45) is 0 Å². The number of aliphatic hydroxyl groups excluding tert-OH is 2. The average molecular weight is 1100 g/mol. The van der Waals surface area contributed by atoms with Crippen LogP contribution in [-0.2, 0) is 6.54 Å². The summed E-state index contributed by atoms with van der Waals surface area (Å²) in [6.45, 7) is 0.728. The second-order valence-corrected chi connectivity index (χ2v) is 18.6. The molecule has 20 heteroatoms. The van der Waals surface area contributed by atoms with Crippen LogP contribution in [0.1, 0.15) is 43.9 Å². The molecule has 0 spiro atoms. The predicted molar refractivity (Wildman–Crippen MR) is 312 cm³/mol. The van der Waals surface area contributed by atoms with Crippen LogP contribution in [0.5, 0.6) is 5.88 Å². The number of aromatic nitrogens is 8. The van der Waals surface area contributed by atoms with Crippen molar-refractivity contribution in [2.45, 2.75) is 19.4 Å². The van der Waals surface area contributed by atoms with Crippen molar-refractivity contribution >= 4 is 105 Å². The molecule has 13 rings (SSSR count). The number of aliphatic hydroxyl groups is 2. The third-order valence-electron chi connectivity index (χ3n) is 13.5. The quantitative estimate of drug-likeness (QED) is 0.0442. The van der Waals surface area contributed by atoms with Gasteiger partial charge >= 0.3 is 17.9 Å². The van der Waals surface area contributed by atoms with E-state index in [1.807, 2.05) is 91.0 Å². The van der Waals surface area contributed by atoms with Gasteiger partial charge in [-0.25, -0.2) is 19.4 Å². The van der Waals surface area contributed by atoms with E-state index in [1.165, 1.54) is 24.3 Å². The maximum atomic E-state index is 12.7. The molecular weight excluding hydrogens is 1050 g/mol. The van der Waals surface area contributed by atoms with Crippen LogP contribution in [0.2, 0.25) is 0 Å². The van der Waals surface area contributed by atoms with Gasteiger partial charge in [-0.2, -0.15) is 5.21 Å². The molecule has 0 radical (unpaired) electrons. The van der Waals surface area contributed by atoms with Gasteiger partial charge in [-0.05, 0) is 99.9 Å². The number of nitrogens with zero attached hydrogens (tertiary/aromatic N) is 5. The molecule has 5 aromatic heterocycles. The van der Waals surface area contributed by atoms with Crippen molar-refractivity contribution in [1.82, 2.24) is 40.1 Å². The van der Waals surface area contributed by atoms with Gasteiger partial charge in [0, 0.05) is 85.9 Å². The van der Waals surface area contributed by atoms with Gasteiger partial charge < -0.3 is 44.8 Å². The highest BCUT2D eigenvalue weighted by Crippen LogP contribution is 2.32. The molecule has 8 N–H and O–H groups in total. The van der Waals surface area contributed by atoms with Crippen LogP contribution in [0.15, 0.2) is 184 Å². The zero-order valence-corrected chi connectivity index (χ0v) is 43.2. The standard InChI is InChI=1S/2C17H15NO4.C14H9N5O.C14H9NO3/c19-8-3-9-22-16-14-5-2-1-4-12(14)13-7-6-11(17(20)21)10-15(13)18-16;19-9-3-8-18-15-10-11(17(21)22)6-7-13(15)12-4-1-2-5-14(12)16(18)20;20-14-11-4-2-1-3-9(11)10-6-5-8(7-12(10)15-14)13-16-18-19-17-13;16-13-11-4-2-1-3-9(11)10-6-5-8(14(17)18)7-12(10)15-13/h1-2,4-7,10,19H,3,8-9H2,(H,20,21);1-2,4-7,10,19H,3,8-9H2,(H,21,22);1-7H,(H,15,20)(H,16,17,18,19);1-7H,(H,15,16)(H,17,18). The number of tetrazole rings is 1. The fourth-order valence-electron chi connectivity index (χ4n) is 9.66. The molecule has 0 atom stereocenters. The fourth-order valence-corrected chi connectivity index (χ4v) is 9.66. The zero-order chi connectivity index (χ0) is 57.4. The lowest BCUT2D eigenvalue weighted by molar-refractivity contribution is 0.0686. The lowest BCUT2D eigenvalue weighted by Gasteiger charge is -2.13. The molecule has 0 amide bonds. The van der Waals surface area contributed by atoms with Gasteiger partial charge in [-0.3, -0.25) is 14.4 Å². The maximum Gasteiger partial charge on any atom is 0.335 e. The van der Waals surface area contributed by atoms with Crippen molar-refractivity contribution in [3.8, 4) is 17.3 Å². The number of aryl methyl sites for hydroxylation is 1. The number of benzene rings is 8. The topological polar surface area (TPSA) is 317 Å². The van der Waals surface area contributed by atoms with E-state index in [-0.39, 0.29) is 46.6 Å². The SMILES string of the molecule is O=C(O)c1ccc2c(c1)[nH]c(=O)c1ccccc12.O=C(O)c1ccc2c(c1)nc(OCCCO)c1ccccc12.O=C(O)c1ccc2c3ccccc3c(=O)n(CCCO)c2c1.O=c1[nH]c2cc(-c3nn[nH]n3)ccc2c2ccccc12. The van der Waals surface area contributed by atoms with E-state index in [0.717, 1.165) is 59.6 Å². The number of hydrogen-bond donors (Lipinski definition) is 8. The number of H-pyrrole nitrogens is 3. The van der Waals surface area contributed by atoms with E-state index in [0.29, 0.717) is 70.4 Å². The van der Waals surface area contributed by atoms with Crippen molar-refractivity contribution < 1.29 is 44.7 Å². The van der Waals surface area contributed by atoms with E-state index in [2.05, 4.69) is 35.6 Å². The monoisotopic (exact) mass is 1100 g/mol. The lowest BCUT2D eigenvalue weighted by atomic mass is 10.0. The Bertz CT molecular complexity index is 4790. The summed E-state index contributed by atoms with van der Waals surface area (Å²) in [6.07, 6.45) is 0.952. The highest BCUT2D eigenvalue weighted by atomic mass is 16.5. The number of aromatic amines is 3. The minimum Gasteiger partial charge on any atom is -0.478 e. The van der Waals surface area contributed by atoms with Crippen molar-refractivity contribution in [2.75, 3.05) is 19.8 Å². The first kappa shape index (κ1) is 54.4. The number of rotatable bonds is 11. The second kappa shape index (κ2) is 24.0. The van der Waals surface area contributed by atoms with Gasteiger partial charge in [0.15, 0.2) is 0 Å². The number of carboxylic acids is 3. The van der Waals surface area contributed by atoms with E-state index in [9.17, 15) is 28.8 Å². The number of hydrogen-bond acceptors (Lipinski definition) is 13. The van der Waals surface area contributed by atoms with Crippen LogP contribution in [0.25, 0.3) is 98.1 Å². The molecule has 0 saturated heterocycles. The van der Waals surface area contributed by atoms with E-state index < -0.39 is 17.9 Å². The number of aromatic carboxylic acids is 3. The van der Waals surface area contributed by atoms with Crippen LogP contribution >= 0.6 is 0 Å². The van der Waals surface area contributed by atoms with Gasteiger partial charge in [-0.1, -0.05) is 103 Å². The zero-order valence-electron chi connectivity index (χ0n) is 43.2. The predicted octanol–water partition coefficient (Wildman–Crippen LogP) is 9.32. The molecule has 0 saturated carbocycles. The number of fused-ring (bicyclic) bond motifs is 12. The molecule has 8 aromatic carbocycles. The molecule has 408 valence electrons. The molecule has 0 aliphatic rings. The van der Waals surface area contributed by atoms with E-state index in [1.54, 1.807) is 59.2 Å². The van der Waals surface area contributed by atoms with Crippen LogP contribution in [0.3, 0.4) is 0 Å². The van der Waals surface area contributed by atoms with Crippen LogP contribution < -0.4 is 21.4 Å². The van der Waals surface area contributed by atoms with Crippen LogP contribution in [0.4, 0.5) is 0 Å². The highest BCUT2D eigenvalue weighted by molar-refractivity contribution is 6.11. The first-order valence-electron chi connectivity index (χ1n) is 25.6. The highest BCUT2D eigenvalue weighted by Gasteiger charge is 2.15. The summed E-state index contributed by atoms with van der Waals surface area (Å²) in [4.78, 5) is 79.9. The number of pyridine rings is 4. The Morgan fingerprint density at radius 3 is 1.52 bits per heavy atom. The van der Waals surface area contributed by atoms with Gasteiger partial charge in [-0.15, -0.1) is 10.2 Å². The largest absolute Gasteiger partial charge is 0.478 e. The first-order chi connectivity index (χ1) is 39.8. The summed E-state index contributed by atoms with van der Waals surface area (Å²) in [5.41, 5.74) is 3.28. The van der Waals surface area contributed by atoms with E-state index >= 15 is 0 Å².